The second-order valence-corrected chi connectivity index (χ2v) is 7.60. The minimum Gasteiger partial charge on any atom is -0.356 e. The molecule has 0 aliphatic heterocycles. The quantitative estimate of drug-likeness (QED) is 0.486. The SMILES string of the molecule is CC(c1cc(-c2cccc(Cl)c2)on1)N(C)c1nnc(-c2ccn(C)c(=O)c2)n1C. The van der Waals surface area contributed by atoms with E-state index in [-0.39, 0.29) is 11.6 Å². The first-order valence-corrected chi connectivity index (χ1v) is 9.75. The van der Waals surface area contributed by atoms with Gasteiger partial charge in [0.25, 0.3) is 5.56 Å². The second-order valence-electron chi connectivity index (χ2n) is 7.16. The molecule has 8 nitrogen and oxygen atoms in total. The van der Waals surface area contributed by atoms with Gasteiger partial charge >= 0.3 is 0 Å². The zero-order chi connectivity index (χ0) is 21.4. The van der Waals surface area contributed by atoms with Gasteiger partial charge in [0, 0.05) is 55.6 Å². The van der Waals surface area contributed by atoms with Gasteiger partial charge in [-0.1, -0.05) is 28.9 Å². The van der Waals surface area contributed by atoms with Crippen LogP contribution in [0.25, 0.3) is 22.7 Å². The monoisotopic (exact) mass is 424 g/mol. The summed E-state index contributed by atoms with van der Waals surface area (Å²) >= 11 is 6.07. The fourth-order valence-corrected chi connectivity index (χ4v) is 3.39. The van der Waals surface area contributed by atoms with E-state index in [4.69, 9.17) is 16.1 Å². The van der Waals surface area contributed by atoms with Gasteiger partial charge < -0.3 is 14.0 Å². The molecule has 9 heteroatoms. The Hall–Kier alpha value is -3.39. The van der Waals surface area contributed by atoms with Crippen LogP contribution in [0.4, 0.5) is 5.95 Å². The summed E-state index contributed by atoms with van der Waals surface area (Å²) in [5.74, 6) is 1.90. The van der Waals surface area contributed by atoms with Crippen molar-refractivity contribution >= 4 is 17.5 Å². The number of rotatable bonds is 5. The fraction of sp³-hybridized carbons (Fsp3) is 0.238. The Morgan fingerprint density at radius 1 is 1.10 bits per heavy atom. The van der Waals surface area contributed by atoms with Crippen molar-refractivity contribution < 1.29 is 4.52 Å². The van der Waals surface area contributed by atoms with Crippen molar-refractivity contribution in [2.45, 2.75) is 13.0 Å². The third-order valence-electron chi connectivity index (χ3n) is 5.18. The number of aromatic nitrogens is 5. The largest absolute Gasteiger partial charge is 0.356 e. The van der Waals surface area contributed by atoms with Crippen LogP contribution in [-0.4, -0.2) is 31.5 Å². The molecule has 30 heavy (non-hydrogen) atoms. The summed E-state index contributed by atoms with van der Waals surface area (Å²) in [4.78, 5) is 13.9. The number of pyridine rings is 1. The number of halogens is 1. The molecule has 0 saturated carbocycles. The van der Waals surface area contributed by atoms with E-state index in [1.807, 2.05) is 66.9 Å². The lowest BCUT2D eigenvalue weighted by atomic mass is 10.1. The third kappa shape index (κ3) is 3.61. The van der Waals surface area contributed by atoms with Crippen LogP contribution in [-0.2, 0) is 14.1 Å². The van der Waals surface area contributed by atoms with Gasteiger partial charge in [0.15, 0.2) is 11.6 Å². The summed E-state index contributed by atoms with van der Waals surface area (Å²) < 4.78 is 8.89. The molecule has 0 bridgehead atoms. The van der Waals surface area contributed by atoms with E-state index in [2.05, 4.69) is 15.4 Å². The predicted molar refractivity (Wildman–Crippen MR) is 115 cm³/mol. The average Bonchev–Trinajstić information content (AvgIpc) is 3.36. The number of aryl methyl sites for hydroxylation is 1. The summed E-state index contributed by atoms with van der Waals surface area (Å²) in [5, 5.41) is 13.5. The highest BCUT2D eigenvalue weighted by molar-refractivity contribution is 6.30. The van der Waals surface area contributed by atoms with E-state index in [9.17, 15) is 4.79 Å². The van der Waals surface area contributed by atoms with Crippen LogP contribution in [0.2, 0.25) is 5.02 Å². The topological polar surface area (TPSA) is 82.0 Å². The van der Waals surface area contributed by atoms with E-state index < -0.39 is 0 Å². The molecule has 1 unspecified atom stereocenters. The number of hydrogen-bond donors (Lipinski definition) is 0. The molecule has 154 valence electrons. The van der Waals surface area contributed by atoms with Crippen molar-refractivity contribution in [2.75, 3.05) is 11.9 Å². The van der Waals surface area contributed by atoms with Crippen LogP contribution < -0.4 is 10.5 Å². The highest BCUT2D eigenvalue weighted by Gasteiger charge is 2.22. The van der Waals surface area contributed by atoms with Crippen molar-refractivity contribution in [3.63, 3.8) is 0 Å². The zero-order valence-electron chi connectivity index (χ0n) is 17.1. The van der Waals surface area contributed by atoms with Gasteiger partial charge in [-0.2, -0.15) is 0 Å². The summed E-state index contributed by atoms with van der Waals surface area (Å²) in [7, 11) is 5.49. The first-order chi connectivity index (χ1) is 14.3. The first-order valence-electron chi connectivity index (χ1n) is 9.37. The lowest BCUT2D eigenvalue weighted by Crippen LogP contribution is -2.25. The molecule has 0 spiro atoms. The number of hydrogen-bond acceptors (Lipinski definition) is 6. The molecule has 0 saturated heterocycles. The Bertz CT molecular complexity index is 1260. The van der Waals surface area contributed by atoms with E-state index in [0.717, 1.165) is 11.3 Å². The van der Waals surface area contributed by atoms with Crippen LogP contribution in [0.5, 0.6) is 0 Å². The highest BCUT2D eigenvalue weighted by Crippen LogP contribution is 2.29. The zero-order valence-corrected chi connectivity index (χ0v) is 17.8. The van der Waals surface area contributed by atoms with Crippen molar-refractivity contribution in [3.05, 3.63) is 69.7 Å². The minimum atomic E-state index is -0.124. The van der Waals surface area contributed by atoms with Crippen LogP contribution in [0, 0.1) is 0 Å². The molecule has 4 aromatic rings. The van der Waals surface area contributed by atoms with Gasteiger partial charge in [0.05, 0.1) is 6.04 Å². The molecular weight excluding hydrogens is 404 g/mol. The maximum atomic E-state index is 12.0. The van der Waals surface area contributed by atoms with Gasteiger partial charge in [-0.05, 0) is 25.1 Å². The van der Waals surface area contributed by atoms with Crippen molar-refractivity contribution in [2.24, 2.45) is 14.1 Å². The van der Waals surface area contributed by atoms with Crippen molar-refractivity contribution in [3.8, 4) is 22.7 Å². The molecule has 4 rings (SSSR count). The average molecular weight is 425 g/mol. The maximum absolute atomic E-state index is 12.0. The summed E-state index contributed by atoms with van der Waals surface area (Å²) in [5.41, 5.74) is 2.23. The molecule has 3 aromatic heterocycles. The maximum Gasteiger partial charge on any atom is 0.250 e. The Morgan fingerprint density at radius 3 is 2.63 bits per heavy atom. The van der Waals surface area contributed by atoms with Crippen molar-refractivity contribution in [1.82, 2.24) is 24.5 Å². The van der Waals surface area contributed by atoms with Crippen molar-refractivity contribution in [1.29, 1.82) is 0 Å². The summed E-state index contributed by atoms with van der Waals surface area (Å²) in [6, 6.07) is 12.6. The van der Waals surface area contributed by atoms with Gasteiger partial charge in [0.1, 0.15) is 5.69 Å². The number of benzene rings is 1. The molecule has 0 fully saturated rings. The van der Waals surface area contributed by atoms with Gasteiger partial charge in [-0.25, -0.2) is 0 Å². The Labute approximate surface area is 178 Å². The van der Waals surface area contributed by atoms with E-state index in [1.165, 1.54) is 4.57 Å². The third-order valence-corrected chi connectivity index (χ3v) is 5.41. The Morgan fingerprint density at radius 2 is 1.90 bits per heavy atom. The molecule has 0 radical (unpaired) electrons. The molecule has 3 heterocycles. The lowest BCUT2D eigenvalue weighted by Gasteiger charge is -2.23. The molecule has 1 atom stereocenters. The van der Waals surface area contributed by atoms with Crippen LogP contribution in [0.15, 0.2) is 58.0 Å². The molecule has 0 N–H and O–H groups in total. The standard InChI is InChI=1S/C21H21ClN6O2/c1-13(17-12-18(30-25-17)14-6-5-7-16(22)10-14)27(3)21-24-23-20(28(21)4)15-8-9-26(2)19(29)11-15/h5-13H,1-4H3. The molecule has 0 amide bonds. The summed E-state index contributed by atoms with van der Waals surface area (Å²) in [6.45, 7) is 2.01. The highest BCUT2D eigenvalue weighted by atomic mass is 35.5. The normalized spacial score (nSPS) is 12.2. The Balaban J connectivity index is 1.61. The smallest absolute Gasteiger partial charge is 0.250 e. The van der Waals surface area contributed by atoms with Gasteiger partial charge in [-0.3, -0.25) is 9.36 Å². The number of anilines is 1. The van der Waals surface area contributed by atoms with Gasteiger partial charge in [-0.15, -0.1) is 10.2 Å². The molecule has 1 aromatic carbocycles. The van der Waals surface area contributed by atoms with E-state index >= 15 is 0 Å². The number of nitrogens with zero attached hydrogens (tertiary/aromatic N) is 6. The predicted octanol–water partition coefficient (Wildman–Crippen LogP) is 3.69. The van der Waals surface area contributed by atoms with Gasteiger partial charge in [0.2, 0.25) is 5.95 Å². The summed E-state index contributed by atoms with van der Waals surface area (Å²) in [6.07, 6.45) is 1.71. The molecular formula is C21H21ClN6O2. The van der Waals surface area contributed by atoms with Crippen LogP contribution in [0.3, 0.4) is 0 Å². The van der Waals surface area contributed by atoms with E-state index in [1.54, 1.807) is 19.3 Å². The fourth-order valence-electron chi connectivity index (χ4n) is 3.20. The van der Waals surface area contributed by atoms with Crippen LogP contribution >= 0.6 is 11.6 Å². The lowest BCUT2D eigenvalue weighted by molar-refractivity contribution is 0.417. The van der Waals surface area contributed by atoms with E-state index in [0.29, 0.717) is 28.1 Å². The molecule has 0 aliphatic carbocycles. The van der Waals surface area contributed by atoms with Crippen LogP contribution in [0.1, 0.15) is 18.7 Å². The second kappa shape index (κ2) is 7.79. The molecule has 0 aliphatic rings. The Kier molecular flexibility index (Phi) is 5.17. The first kappa shape index (κ1) is 19.9. The minimum absolute atomic E-state index is 0.102.